The second-order valence-corrected chi connectivity index (χ2v) is 18.9. The summed E-state index contributed by atoms with van der Waals surface area (Å²) in [6, 6.07) is 18.8. The molecule has 3 aromatic carbocycles. The van der Waals surface area contributed by atoms with Gasteiger partial charge in [-0.15, -0.1) is 0 Å². The normalized spacial score (nSPS) is 18.7. The fraction of sp³-hybridized carbons (Fsp3) is 0.404. The Balaban J connectivity index is 0.974. The molecule has 0 aliphatic heterocycles. The second-order valence-electron chi connectivity index (χ2n) is 16.4. The Morgan fingerprint density at radius 2 is 1.58 bits per heavy atom. The maximum Gasteiger partial charge on any atom is 0.416 e. The van der Waals surface area contributed by atoms with Crippen molar-refractivity contribution >= 4 is 38.5 Å². The van der Waals surface area contributed by atoms with E-state index in [4.69, 9.17) is 19.9 Å². The molecule has 15 nitrogen and oxygen atoms in total. The van der Waals surface area contributed by atoms with Crippen molar-refractivity contribution in [1.29, 1.82) is 5.26 Å². The van der Waals surface area contributed by atoms with E-state index in [0.29, 0.717) is 80.7 Å². The molecule has 20 heteroatoms. The van der Waals surface area contributed by atoms with E-state index in [1.54, 1.807) is 36.4 Å². The average Bonchev–Trinajstić information content (AvgIpc) is 3.84. The van der Waals surface area contributed by atoms with Gasteiger partial charge in [-0.05, 0) is 129 Å². The number of rotatable bonds is 19. The summed E-state index contributed by atoms with van der Waals surface area (Å²) >= 11 is 0.840. The second kappa shape index (κ2) is 22.7. The van der Waals surface area contributed by atoms with Crippen LogP contribution < -0.4 is 25.8 Å². The van der Waals surface area contributed by atoms with E-state index in [1.165, 1.54) is 30.7 Å². The molecule has 0 atom stereocenters. The molecule has 2 amide bonds. The number of nitrogens with one attached hydrogen (secondary N) is 3. The predicted molar refractivity (Wildman–Crippen MR) is 244 cm³/mol. The van der Waals surface area contributed by atoms with Crippen LogP contribution in [-0.2, 0) is 41.8 Å². The van der Waals surface area contributed by atoms with Gasteiger partial charge in [-0.3, -0.25) is 19.3 Å². The minimum absolute atomic E-state index is 0.0123. The van der Waals surface area contributed by atoms with Gasteiger partial charge >= 0.3 is 6.18 Å². The van der Waals surface area contributed by atoms with E-state index in [0.717, 1.165) is 55.4 Å². The number of carbonyl (C=O) groups is 2. The highest BCUT2D eigenvalue weighted by molar-refractivity contribution is 7.93. The predicted octanol–water partition coefficient (Wildman–Crippen LogP) is 8.13. The first-order chi connectivity index (χ1) is 32.3. The smallest absolute Gasteiger partial charge is 0.416 e. The third-order valence-corrected chi connectivity index (χ3v) is 13.8. The number of nitrogens with two attached hydrogens (primary N) is 1. The van der Waals surface area contributed by atoms with Crippen LogP contribution in [-0.4, -0.2) is 72.6 Å². The number of nitriles is 1. The van der Waals surface area contributed by atoms with Crippen LogP contribution in [0.25, 0.3) is 22.3 Å². The maximum absolute atomic E-state index is 13.7. The first-order valence-corrected chi connectivity index (χ1v) is 24.3. The molecular formula is C47H51F3N8O7S2. The number of sulfonamides is 1. The Morgan fingerprint density at radius 3 is 2.28 bits per heavy atom. The number of ether oxygens (including phenoxy) is 3. The van der Waals surface area contributed by atoms with Crippen LogP contribution >= 0.6 is 11.5 Å². The van der Waals surface area contributed by atoms with Gasteiger partial charge in [0.05, 0.1) is 47.1 Å². The largest absolute Gasteiger partial charge is 0.455 e. The first kappa shape index (κ1) is 48.9. The molecule has 354 valence electrons. The van der Waals surface area contributed by atoms with E-state index in [9.17, 15) is 36.4 Å². The van der Waals surface area contributed by atoms with Crippen LogP contribution in [0, 0.1) is 17.2 Å². The molecule has 2 aliphatic rings. The van der Waals surface area contributed by atoms with E-state index in [2.05, 4.69) is 29.7 Å². The number of hydrogen-bond acceptors (Lipinski definition) is 13. The lowest BCUT2D eigenvalue weighted by Gasteiger charge is -2.29. The fourth-order valence-corrected chi connectivity index (χ4v) is 9.90. The molecule has 67 heavy (non-hydrogen) atoms. The van der Waals surface area contributed by atoms with Gasteiger partial charge in [0.1, 0.15) is 23.9 Å². The lowest BCUT2D eigenvalue weighted by Crippen LogP contribution is -2.40. The quantitative estimate of drug-likeness (QED) is 0.0577. The van der Waals surface area contributed by atoms with Gasteiger partial charge < -0.3 is 30.6 Å². The summed E-state index contributed by atoms with van der Waals surface area (Å²) in [5.74, 6) is -0.192. The lowest BCUT2D eigenvalue weighted by molar-refractivity contribution is -0.137. The van der Waals surface area contributed by atoms with Crippen LogP contribution in [0.2, 0.25) is 0 Å². The van der Waals surface area contributed by atoms with Crippen LogP contribution in [0.4, 0.5) is 18.3 Å². The number of hydrogen-bond donors (Lipinski definition) is 4. The monoisotopic (exact) mass is 960 g/mol. The number of carbonyl (C=O) groups excluding carboxylic acids is 2. The summed E-state index contributed by atoms with van der Waals surface area (Å²) in [5, 5.41) is 16.2. The van der Waals surface area contributed by atoms with Crippen molar-refractivity contribution in [1.82, 2.24) is 25.0 Å². The minimum Gasteiger partial charge on any atom is -0.455 e. The molecule has 0 spiro atoms. The van der Waals surface area contributed by atoms with E-state index in [1.807, 2.05) is 6.07 Å². The SMILES string of the molecule is N#Cc1cc(S(=O)(=O)Nc2ncns2)ccc1Oc1ccc(-c2cccc(C(F)(F)F)c2)cc1-c1ccnc(CNC(=O)C2CCC(NC(=O)CCCOC3CCC(OCCN)CC3)CC2)c1. The minimum atomic E-state index is -4.57. The zero-order chi connectivity index (χ0) is 47.4. The molecule has 0 saturated heterocycles. The van der Waals surface area contributed by atoms with Crippen molar-refractivity contribution in [2.45, 2.75) is 100 Å². The Hall–Kier alpha value is -5.98. The van der Waals surface area contributed by atoms with Crippen molar-refractivity contribution in [3.63, 3.8) is 0 Å². The van der Waals surface area contributed by atoms with Gasteiger partial charge in [0.25, 0.3) is 10.0 Å². The van der Waals surface area contributed by atoms with Gasteiger partial charge in [-0.2, -0.15) is 22.8 Å². The number of anilines is 1. The molecule has 5 aromatic rings. The Morgan fingerprint density at radius 1 is 0.851 bits per heavy atom. The highest BCUT2D eigenvalue weighted by atomic mass is 32.2. The molecule has 7 rings (SSSR count). The number of alkyl halides is 3. The van der Waals surface area contributed by atoms with Gasteiger partial charge in [0.2, 0.25) is 16.9 Å². The Bertz CT molecular complexity index is 2630. The van der Waals surface area contributed by atoms with E-state index >= 15 is 0 Å². The van der Waals surface area contributed by atoms with Crippen molar-refractivity contribution in [2.24, 2.45) is 11.7 Å². The van der Waals surface area contributed by atoms with Gasteiger partial charge in [0, 0.05) is 54.8 Å². The van der Waals surface area contributed by atoms with Crippen LogP contribution in [0.5, 0.6) is 11.5 Å². The summed E-state index contributed by atoms with van der Waals surface area (Å²) in [7, 11) is -4.14. The van der Waals surface area contributed by atoms with Crippen molar-refractivity contribution < 1.29 is 45.4 Å². The summed E-state index contributed by atoms with van der Waals surface area (Å²) in [6.07, 6.45) is 5.94. The van der Waals surface area contributed by atoms with Crippen molar-refractivity contribution in [2.75, 3.05) is 24.5 Å². The summed E-state index contributed by atoms with van der Waals surface area (Å²) < 4.78 is 91.4. The lowest BCUT2D eigenvalue weighted by atomic mass is 9.85. The van der Waals surface area contributed by atoms with E-state index < -0.39 is 21.8 Å². The molecule has 0 bridgehead atoms. The number of halogens is 3. The van der Waals surface area contributed by atoms with Crippen LogP contribution in [0.15, 0.2) is 90.2 Å². The maximum atomic E-state index is 13.7. The first-order valence-electron chi connectivity index (χ1n) is 22.1. The zero-order valence-corrected chi connectivity index (χ0v) is 38.1. The number of aromatic nitrogens is 3. The molecule has 0 unspecified atom stereocenters. The molecule has 2 heterocycles. The molecular weight excluding hydrogens is 910 g/mol. The number of amides is 2. The topological polar surface area (TPSA) is 221 Å². The van der Waals surface area contributed by atoms with Crippen molar-refractivity contribution in [3.8, 4) is 39.8 Å². The highest BCUT2D eigenvalue weighted by Crippen LogP contribution is 2.40. The highest BCUT2D eigenvalue weighted by Gasteiger charge is 2.31. The third kappa shape index (κ3) is 13.6. The summed E-state index contributed by atoms with van der Waals surface area (Å²) in [6.45, 7) is 1.70. The van der Waals surface area contributed by atoms with Crippen LogP contribution in [0.1, 0.15) is 81.0 Å². The Kier molecular flexibility index (Phi) is 16.6. The molecule has 0 radical (unpaired) electrons. The zero-order valence-electron chi connectivity index (χ0n) is 36.5. The van der Waals surface area contributed by atoms with Gasteiger partial charge in [0.15, 0.2) is 0 Å². The van der Waals surface area contributed by atoms with Crippen molar-refractivity contribution in [3.05, 3.63) is 102 Å². The molecule has 5 N–H and O–H groups in total. The van der Waals surface area contributed by atoms with Gasteiger partial charge in [-0.25, -0.2) is 13.4 Å². The number of nitrogens with zero attached hydrogens (tertiary/aromatic N) is 4. The fourth-order valence-electron chi connectivity index (χ4n) is 8.21. The van der Waals surface area contributed by atoms with Gasteiger partial charge in [-0.1, -0.05) is 18.2 Å². The number of benzene rings is 3. The standard InChI is InChI=1S/C47H51F3N8O7S2/c48-47(49,50)35-4-1-3-31(23-35)32-8-16-43(65-42-17-15-40(25-34(42)27-52)67(61,62)58-46-55-29-56-66-46)41(26-32)33-18-20-53-37(24-33)28-54-45(60)30-6-9-36(10-7-30)57-44(59)5-2-21-63-38-11-13-39(14-12-38)64-22-19-51/h1,3-4,8,15-18,20,23-26,29-30,36,38-39H,2,5-7,9-14,19,21-22,28,51H2,(H,54,60)(H,57,59)(H,55,56,58). The van der Waals surface area contributed by atoms with Crippen LogP contribution in [0.3, 0.4) is 0 Å². The summed E-state index contributed by atoms with van der Waals surface area (Å²) in [5.41, 5.74) is 6.78. The molecule has 2 aromatic heterocycles. The van der Waals surface area contributed by atoms with E-state index in [-0.39, 0.29) is 75.2 Å². The molecule has 2 aliphatic carbocycles. The third-order valence-electron chi connectivity index (χ3n) is 11.7. The average molecular weight is 961 g/mol. The summed E-state index contributed by atoms with van der Waals surface area (Å²) in [4.78, 5) is 34.2. The molecule has 2 saturated carbocycles. The Labute approximate surface area is 390 Å². The number of pyridine rings is 1. The molecule has 2 fully saturated rings.